The third-order valence-corrected chi connectivity index (χ3v) is 3.45. The summed E-state index contributed by atoms with van der Waals surface area (Å²) in [5.41, 5.74) is 2.13. The van der Waals surface area contributed by atoms with E-state index in [4.69, 9.17) is 0 Å². The first-order chi connectivity index (χ1) is 8.58. The zero-order valence-electron chi connectivity index (χ0n) is 12.4. The van der Waals surface area contributed by atoms with Crippen molar-refractivity contribution < 1.29 is 17.2 Å². The van der Waals surface area contributed by atoms with E-state index in [-0.39, 0.29) is 18.2 Å². The van der Waals surface area contributed by atoms with Gasteiger partial charge < -0.3 is 17.3 Å². The summed E-state index contributed by atoms with van der Waals surface area (Å²) < 4.78 is 0. The Morgan fingerprint density at radius 3 is 2.05 bits per heavy atom. The predicted molar refractivity (Wildman–Crippen MR) is 77.3 cm³/mol. The van der Waals surface area contributed by atoms with Crippen molar-refractivity contribution in [2.45, 2.75) is 40.0 Å². The molecular weight excluding hydrogens is 258 g/mol. The molecule has 108 valence electrons. The van der Waals surface area contributed by atoms with Crippen LogP contribution in [0.4, 0.5) is 0 Å². The molecule has 0 unspecified atom stereocenters. The summed E-state index contributed by atoms with van der Waals surface area (Å²) in [6.45, 7) is 11.5. The number of carbonyl (C=O) groups is 1. The van der Waals surface area contributed by atoms with Crippen molar-refractivity contribution in [3.63, 3.8) is 0 Å². The summed E-state index contributed by atoms with van der Waals surface area (Å²) >= 11 is 0. The first-order valence-corrected chi connectivity index (χ1v) is 6.94. The van der Waals surface area contributed by atoms with E-state index in [0.29, 0.717) is 12.3 Å². The lowest BCUT2D eigenvalue weighted by atomic mass is 10.00. The molecule has 0 aliphatic heterocycles. The Balaban J connectivity index is 0.00000324. The molecule has 0 aliphatic rings. The molecule has 0 heterocycles. The largest absolute Gasteiger partial charge is 1.00 e. The predicted octanol–water partition coefficient (Wildman–Crippen LogP) is 0.729. The van der Waals surface area contributed by atoms with Gasteiger partial charge in [-0.1, -0.05) is 52.0 Å². The maximum absolute atomic E-state index is 12.0. The average molecular weight is 283 g/mol. The second-order valence-electron chi connectivity index (χ2n) is 4.98. The number of carbonyl (C=O) groups excluding carboxylic acids is 1. The molecule has 0 atom stereocenters. The molecule has 19 heavy (non-hydrogen) atoms. The first kappa shape index (κ1) is 18.1. The number of hydrogen-bond donors (Lipinski definition) is 0. The molecule has 0 aromatic heterocycles. The van der Waals surface area contributed by atoms with Crippen LogP contribution in [0.3, 0.4) is 0 Å². The highest BCUT2D eigenvalue weighted by Crippen LogP contribution is 2.15. The van der Waals surface area contributed by atoms with E-state index < -0.39 is 0 Å². The van der Waals surface area contributed by atoms with Crippen LogP contribution in [0.1, 0.15) is 56.0 Å². The number of ketones is 1. The monoisotopic (exact) mass is 282 g/mol. The summed E-state index contributed by atoms with van der Waals surface area (Å²) in [6, 6.07) is 8.05. The summed E-state index contributed by atoms with van der Waals surface area (Å²) in [7, 11) is 0. The zero-order chi connectivity index (χ0) is 13.5. The highest BCUT2D eigenvalue weighted by Gasteiger charge is 2.08. The van der Waals surface area contributed by atoms with Crippen molar-refractivity contribution in [2.75, 3.05) is 19.6 Å². The minimum Gasteiger partial charge on any atom is -1.00 e. The van der Waals surface area contributed by atoms with E-state index in [9.17, 15) is 4.79 Å². The van der Waals surface area contributed by atoms with Crippen LogP contribution in [-0.4, -0.2) is 30.3 Å². The second kappa shape index (κ2) is 9.11. The molecule has 0 N–H and O–H groups in total. The van der Waals surface area contributed by atoms with E-state index in [1.165, 1.54) is 5.56 Å². The Morgan fingerprint density at radius 2 is 1.63 bits per heavy atom. The molecule has 1 aromatic rings. The quantitative estimate of drug-likeness (QED) is 0.687. The molecule has 0 aliphatic carbocycles. The van der Waals surface area contributed by atoms with Crippen LogP contribution < -0.4 is 12.4 Å². The minimum atomic E-state index is 0. The number of Topliss-reactive ketones (excluding diaryl/α,β-unsaturated/α-hetero) is 1. The van der Waals surface area contributed by atoms with Gasteiger partial charge in [0.05, 0.1) is 0 Å². The number of benzene rings is 1. The van der Waals surface area contributed by atoms with E-state index in [0.717, 1.165) is 25.2 Å². The Bertz CT molecular complexity index is 369. The maximum atomic E-state index is 12.0. The van der Waals surface area contributed by atoms with Crippen molar-refractivity contribution in [1.82, 2.24) is 4.90 Å². The van der Waals surface area contributed by atoms with Gasteiger partial charge in [-0.15, -0.1) is 0 Å². The second-order valence-corrected chi connectivity index (χ2v) is 4.98. The van der Waals surface area contributed by atoms with Crippen LogP contribution in [0, 0.1) is 0 Å². The molecule has 0 bridgehead atoms. The fourth-order valence-electron chi connectivity index (χ4n) is 2.00. The lowest BCUT2D eigenvalue weighted by Gasteiger charge is -2.17. The van der Waals surface area contributed by atoms with Crippen molar-refractivity contribution in [3.05, 3.63) is 35.4 Å². The van der Waals surface area contributed by atoms with Gasteiger partial charge >= 0.3 is 0 Å². The average Bonchev–Trinajstić information content (AvgIpc) is 2.39. The maximum Gasteiger partial charge on any atom is 0.164 e. The molecule has 0 radical (unpaired) electrons. The van der Waals surface area contributed by atoms with E-state index >= 15 is 0 Å². The molecule has 0 amide bonds. The standard InChI is InChI=1S/C16H25NO.ClH/c1-5-17(6-2)12-11-16(18)15-9-7-14(8-10-15)13(3)4;/h7-10,13H,5-6,11-12H2,1-4H3;1H/p-1. The summed E-state index contributed by atoms with van der Waals surface area (Å²) in [6.07, 6.45) is 0.614. The zero-order valence-corrected chi connectivity index (χ0v) is 13.2. The van der Waals surface area contributed by atoms with Gasteiger partial charge in [0.25, 0.3) is 0 Å². The van der Waals surface area contributed by atoms with Gasteiger partial charge in [-0.3, -0.25) is 4.79 Å². The van der Waals surface area contributed by atoms with Gasteiger partial charge in [-0.2, -0.15) is 0 Å². The Morgan fingerprint density at radius 1 is 1.11 bits per heavy atom. The SMILES string of the molecule is CCN(CC)CCC(=O)c1ccc(C(C)C)cc1.[Cl-]. The molecule has 0 saturated heterocycles. The Hall–Kier alpha value is -0.860. The Kier molecular flexibility index (Phi) is 8.70. The molecule has 0 saturated carbocycles. The minimum absolute atomic E-state index is 0. The number of rotatable bonds is 7. The fourth-order valence-corrected chi connectivity index (χ4v) is 2.00. The number of nitrogens with zero attached hydrogens (tertiary/aromatic N) is 1. The number of hydrogen-bond acceptors (Lipinski definition) is 2. The van der Waals surface area contributed by atoms with E-state index in [1.54, 1.807) is 0 Å². The van der Waals surface area contributed by atoms with Crippen LogP contribution in [0.25, 0.3) is 0 Å². The van der Waals surface area contributed by atoms with Gasteiger partial charge in [0.15, 0.2) is 5.78 Å². The molecule has 0 fully saturated rings. The molecule has 2 nitrogen and oxygen atoms in total. The van der Waals surface area contributed by atoms with Crippen LogP contribution in [0.15, 0.2) is 24.3 Å². The van der Waals surface area contributed by atoms with E-state index in [2.05, 4.69) is 44.7 Å². The number of halogens is 1. The third-order valence-electron chi connectivity index (χ3n) is 3.45. The smallest absolute Gasteiger partial charge is 0.164 e. The summed E-state index contributed by atoms with van der Waals surface area (Å²) in [5, 5.41) is 0. The van der Waals surface area contributed by atoms with Crippen LogP contribution in [0.5, 0.6) is 0 Å². The van der Waals surface area contributed by atoms with Crippen molar-refractivity contribution in [1.29, 1.82) is 0 Å². The fraction of sp³-hybridized carbons (Fsp3) is 0.562. The van der Waals surface area contributed by atoms with Crippen molar-refractivity contribution in [2.24, 2.45) is 0 Å². The highest BCUT2D eigenvalue weighted by atomic mass is 35.5. The van der Waals surface area contributed by atoms with Crippen LogP contribution in [0.2, 0.25) is 0 Å². The lowest BCUT2D eigenvalue weighted by Crippen LogP contribution is -3.00. The van der Waals surface area contributed by atoms with Crippen LogP contribution >= 0.6 is 0 Å². The van der Waals surface area contributed by atoms with Gasteiger partial charge in [0.1, 0.15) is 0 Å². The normalized spacial score (nSPS) is 10.6. The molecule has 1 rings (SSSR count). The van der Waals surface area contributed by atoms with Crippen molar-refractivity contribution in [3.8, 4) is 0 Å². The van der Waals surface area contributed by atoms with Crippen LogP contribution in [-0.2, 0) is 0 Å². The van der Waals surface area contributed by atoms with Gasteiger partial charge in [-0.05, 0) is 24.6 Å². The van der Waals surface area contributed by atoms with Gasteiger partial charge in [0, 0.05) is 18.5 Å². The third kappa shape index (κ3) is 5.75. The Labute approximate surface area is 123 Å². The molecule has 0 spiro atoms. The summed E-state index contributed by atoms with van der Waals surface area (Å²) in [5.74, 6) is 0.766. The molecule has 3 heteroatoms. The lowest BCUT2D eigenvalue weighted by molar-refractivity contribution is -0.0000121. The molecule has 1 aromatic carbocycles. The first-order valence-electron chi connectivity index (χ1n) is 6.94. The summed E-state index contributed by atoms with van der Waals surface area (Å²) in [4.78, 5) is 14.3. The molecular formula is C16H25ClNO-. The van der Waals surface area contributed by atoms with Gasteiger partial charge in [0.2, 0.25) is 0 Å². The van der Waals surface area contributed by atoms with E-state index in [1.807, 2.05) is 12.1 Å². The highest BCUT2D eigenvalue weighted by molar-refractivity contribution is 5.96. The van der Waals surface area contributed by atoms with Crippen molar-refractivity contribution >= 4 is 5.78 Å². The topological polar surface area (TPSA) is 20.3 Å². The van der Waals surface area contributed by atoms with Gasteiger partial charge in [-0.25, -0.2) is 0 Å².